The van der Waals surface area contributed by atoms with Gasteiger partial charge in [-0.05, 0) is 49.8 Å². The zero-order valence-electron chi connectivity index (χ0n) is 16.5. The predicted octanol–water partition coefficient (Wildman–Crippen LogP) is 3.51. The van der Waals surface area contributed by atoms with Gasteiger partial charge in [0, 0.05) is 23.3 Å². The third-order valence-corrected chi connectivity index (χ3v) is 6.80. The summed E-state index contributed by atoms with van der Waals surface area (Å²) >= 11 is 6.65. The van der Waals surface area contributed by atoms with Crippen molar-refractivity contribution in [1.82, 2.24) is 9.47 Å². The van der Waals surface area contributed by atoms with Gasteiger partial charge in [0.1, 0.15) is 11.7 Å². The average Bonchev–Trinajstić information content (AvgIpc) is 3.22. The number of nitrogens with one attached hydrogen (secondary N) is 1. The SMILES string of the molecule is Cc1cc(/C=C2/C(=N)N3C(=NC2=O)SN=C3S(C)(=O)=O)c(C)n1-c1ccc(F)c(Cl)c1. The maximum absolute atomic E-state index is 13.6. The molecule has 2 aromatic rings. The fraction of sp³-hybridized carbons (Fsp3) is 0.158. The standard InChI is InChI=1S/C19H15ClFN5O3S2/c1-9-6-11(10(2)25(9)12-4-5-15(21)14(20)8-12)7-13-16(22)26-18(23-17(13)27)30-24-19(26)31(3,28)29/h4-8,22H,1-3H3/b13-7-,22-16?. The van der Waals surface area contributed by atoms with Gasteiger partial charge in [0.15, 0.2) is 0 Å². The minimum Gasteiger partial charge on any atom is -0.318 e. The molecule has 0 saturated carbocycles. The van der Waals surface area contributed by atoms with Crippen molar-refractivity contribution in [3.63, 3.8) is 0 Å². The number of aryl methyl sites for hydroxylation is 1. The zero-order chi connectivity index (χ0) is 22.7. The van der Waals surface area contributed by atoms with Crippen LogP contribution in [0.3, 0.4) is 0 Å². The third kappa shape index (κ3) is 3.62. The molecule has 2 aliphatic heterocycles. The summed E-state index contributed by atoms with van der Waals surface area (Å²) in [5.41, 5.74) is 2.70. The number of amides is 1. The monoisotopic (exact) mass is 479 g/mol. The minimum atomic E-state index is -3.73. The van der Waals surface area contributed by atoms with Crippen molar-refractivity contribution >= 4 is 61.5 Å². The molecule has 1 aromatic carbocycles. The van der Waals surface area contributed by atoms with Crippen LogP contribution in [-0.2, 0) is 14.6 Å². The summed E-state index contributed by atoms with van der Waals surface area (Å²) in [6.45, 7) is 3.64. The van der Waals surface area contributed by atoms with Crippen LogP contribution in [-0.4, -0.2) is 46.2 Å². The molecule has 0 radical (unpaired) electrons. The lowest BCUT2D eigenvalue weighted by atomic mass is 10.1. The van der Waals surface area contributed by atoms with E-state index in [4.69, 9.17) is 17.0 Å². The number of rotatable bonds is 2. The van der Waals surface area contributed by atoms with Gasteiger partial charge in [0.2, 0.25) is 20.2 Å². The van der Waals surface area contributed by atoms with Crippen molar-refractivity contribution in [3.8, 4) is 5.69 Å². The molecule has 4 rings (SSSR count). The summed E-state index contributed by atoms with van der Waals surface area (Å²) < 4.78 is 43.2. The van der Waals surface area contributed by atoms with Crippen LogP contribution in [0.2, 0.25) is 5.02 Å². The van der Waals surface area contributed by atoms with E-state index >= 15 is 0 Å². The number of hydrogen-bond acceptors (Lipinski definition) is 6. The van der Waals surface area contributed by atoms with E-state index in [1.54, 1.807) is 19.1 Å². The largest absolute Gasteiger partial charge is 0.318 e. The lowest BCUT2D eigenvalue weighted by Crippen LogP contribution is -2.45. The first-order valence-electron chi connectivity index (χ1n) is 8.82. The van der Waals surface area contributed by atoms with Gasteiger partial charge in [-0.2, -0.15) is 9.39 Å². The van der Waals surface area contributed by atoms with Crippen molar-refractivity contribution in [2.24, 2.45) is 9.39 Å². The van der Waals surface area contributed by atoms with Gasteiger partial charge in [-0.3, -0.25) is 10.2 Å². The summed E-state index contributed by atoms with van der Waals surface area (Å²) in [7, 11) is -3.73. The maximum Gasteiger partial charge on any atom is 0.283 e. The highest BCUT2D eigenvalue weighted by molar-refractivity contribution is 8.16. The first kappa shape index (κ1) is 21.5. The quantitative estimate of drug-likeness (QED) is 0.523. The number of nitrogens with zero attached hydrogens (tertiary/aromatic N) is 4. The summed E-state index contributed by atoms with van der Waals surface area (Å²) in [4.78, 5) is 17.5. The Labute approximate surface area is 186 Å². The normalized spacial score (nSPS) is 17.8. The molecule has 0 saturated heterocycles. The van der Waals surface area contributed by atoms with Crippen molar-refractivity contribution in [2.75, 3.05) is 6.26 Å². The highest BCUT2D eigenvalue weighted by atomic mass is 35.5. The van der Waals surface area contributed by atoms with E-state index in [0.717, 1.165) is 34.5 Å². The van der Waals surface area contributed by atoms with E-state index in [2.05, 4.69) is 9.39 Å². The van der Waals surface area contributed by atoms with E-state index in [1.807, 2.05) is 11.5 Å². The molecule has 2 aliphatic rings. The van der Waals surface area contributed by atoms with E-state index in [1.165, 1.54) is 18.2 Å². The number of benzene rings is 1. The Balaban J connectivity index is 1.79. The lowest BCUT2D eigenvalue weighted by Gasteiger charge is -2.23. The van der Waals surface area contributed by atoms with Gasteiger partial charge in [-0.1, -0.05) is 11.6 Å². The average molecular weight is 480 g/mol. The van der Waals surface area contributed by atoms with E-state index in [0.29, 0.717) is 11.3 Å². The van der Waals surface area contributed by atoms with E-state index < -0.39 is 21.6 Å². The summed E-state index contributed by atoms with van der Waals surface area (Å²) in [5, 5.41) is 8.11. The zero-order valence-corrected chi connectivity index (χ0v) is 18.9. The molecule has 0 fully saturated rings. The van der Waals surface area contributed by atoms with Gasteiger partial charge in [0.05, 0.1) is 22.5 Å². The van der Waals surface area contributed by atoms with Gasteiger partial charge in [0.25, 0.3) is 5.91 Å². The van der Waals surface area contributed by atoms with Crippen LogP contribution in [0.15, 0.2) is 39.2 Å². The van der Waals surface area contributed by atoms with Crippen LogP contribution in [0.5, 0.6) is 0 Å². The molecule has 1 aromatic heterocycles. The van der Waals surface area contributed by atoms with E-state index in [9.17, 15) is 17.6 Å². The number of halogens is 2. The number of sulfone groups is 1. The molecule has 31 heavy (non-hydrogen) atoms. The second-order valence-electron chi connectivity index (χ2n) is 6.94. The second-order valence-corrected chi connectivity index (χ2v) is 9.99. The van der Waals surface area contributed by atoms with Crippen LogP contribution in [0, 0.1) is 25.1 Å². The fourth-order valence-electron chi connectivity index (χ4n) is 3.35. The highest BCUT2D eigenvalue weighted by Gasteiger charge is 2.41. The molecule has 1 amide bonds. The number of amidine groups is 3. The number of carbonyl (C=O) groups is 1. The van der Waals surface area contributed by atoms with Crippen LogP contribution < -0.4 is 0 Å². The minimum absolute atomic E-state index is 0.0184. The number of aromatic nitrogens is 1. The molecule has 3 heterocycles. The maximum atomic E-state index is 13.6. The van der Waals surface area contributed by atoms with Crippen molar-refractivity contribution in [1.29, 1.82) is 5.41 Å². The first-order valence-corrected chi connectivity index (χ1v) is 11.9. The molecule has 0 aliphatic carbocycles. The summed E-state index contributed by atoms with van der Waals surface area (Å²) in [5.74, 6) is -1.51. The first-order chi connectivity index (χ1) is 14.5. The number of hydrogen-bond donors (Lipinski definition) is 1. The Morgan fingerprint density at radius 3 is 2.61 bits per heavy atom. The summed E-state index contributed by atoms with van der Waals surface area (Å²) in [6, 6.07) is 6.14. The van der Waals surface area contributed by atoms with Crippen molar-refractivity contribution < 1.29 is 17.6 Å². The molecular weight excluding hydrogens is 465 g/mol. The van der Waals surface area contributed by atoms with Gasteiger partial charge in [-0.15, -0.1) is 0 Å². The Kier molecular flexibility index (Phi) is 5.15. The molecule has 0 unspecified atom stereocenters. The highest BCUT2D eigenvalue weighted by Crippen LogP contribution is 2.31. The fourth-order valence-corrected chi connectivity index (χ4v) is 5.37. The molecule has 0 atom stereocenters. The van der Waals surface area contributed by atoms with Gasteiger partial charge < -0.3 is 4.57 Å². The Morgan fingerprint density at radius 1 is 1.26 bits per heavy atom. The Hall–Kier alpha value is -2.76. The van der Waals surface area contributed by atoms with Gasteiger partial charge in [-0.25, -0.2) is 17.7 Å². The topological polar surface area (TPSA) is 108 Å². The predicted molar refractivity (Wildman–Crippen MR) is 120 cm³/mol. The smallest absolute Gasteiger partial charge is 0.283 e. The van der Waals surface area contributed by atoms with Crippen molar-refractivity contribution in [2.45, 2.75) is 13.8 Å². The Bertz CT molecular complexity index is 1380. The Morgan fingerprint density at radius 2 is 1.97 bits per heavy atom. The van der Waals surface area contributed by atoms with Gasteiger partial charge >= 0.3 is 0 Å². The second kappa shape index (κ2) is 7.43. The molecule has 0 bridgehead atoms. The number of aliphatic imine (C=N–C) groups is 1. The lowest BCUT2D eigenvalue weighted by molar-refractivity contribution is -0.114. The van der Waals surface area contributed by atoms with E-state index in [-0.39, 0.29) is 26.8 Å². The molecule has 12 heteroatoms. The molecule has 8 nitrogen and oxygen atoms in total. The third-order valence-electron chi connectivity index (χ3n) is 4.76. The van der Waals surface area contributed by atoms with Crippen LogP contribution in [0.4, 0.5) is 4.39 Å². The molecule has 0 spiro atoms. The summed E-state index contributed by atoms with van der Waals surface area (Å²) in [6.07, 6.45) is 2.46. The number of fused-ring (bicyclic) bond motifs is 1. The molecule has 160 valence electrons. The molecule has 1 N–H and O–H groups in total. The number of carbonyl (C=O) groups excluding carboxylic acids is 1. The van der Waals surface area contributed by atoms with Crippen LogP contribution in [0.25, 0.3) is 11.8 Å². The van der Waals surface area contributed by atoms with Crippen LogP contribution in [0.1, 0.15) is 17.0 Å². The van der Waals surface area contributed by atoms with Crippen LogP contribution >= 0.6 is 23.5 Å². The van der Waals surface area contributed by atoms with Crippen molar-refractivity contribution in [3.05, 3.63) is 57.6 Å². The molecular formula is C19H15ClFN5O3S2.